The van der Waals surface area contributed by atoms with Crippen LogP contribution in [0.25, 0.3) is 0 Å². The highest BCUT2D eigenvalue weighted by atomic mass is 32.2. The minimum Gasteiger partial charge on any atom is -0.444 e. The Labute approximate surface area is 150 Å². The number of nitrogens with two attached hydrogens (primary N) is 1. The zero-order chi connectivity index (χ0) is 19.3. The van der Waals surface area contributed by atoms with Crippen LogP contribution in [0.1, 0.15) is 23.3 Å². The van der Waals surface area contributed by atoms with Crippen molar-refractivity contribution in [2.45, 2.75) is 30.7 Å². The summed E-state index contributed by atoms with van der Waals surface area (Å²) in [5.41, 5.74) is 5.28. The van der Waals surface area contributed by atoms with E-state index in [0.717, 1.165) is 12.3 Å². The van der Waals surface area contributed by atoms with E-state index in [4.69, 9.17) is 10.5 Å². The Bertz CT molecular complexity index is 827. The van der Waals surface area contributed by atoms with Gasteiger partial charge in [-0.25, -0.2) is 23.0 Å². The van der Waals surface area contributed by atoms with Crippen molar-refractivity contribution in [2.24, 2.45) is 5.73 Å². The van der Waals surface area contributed by atoms with Crippen LogP contribution in [0.2, 0.25) is 0 Å². The number of nitrogens with zero attached hydrogens (tertiary/aromatic N) is 3. The molecule has 11 heteroatoms. The molecule has 2 N–H and O–H groups in total. The molecule has 2 atom stereocenters. The van der Waals surface area contributed by atoms with Gasteiger partial charge in [-0.3, -0.25) is 4.79 Å². The topological polar surface area (TPSA) is 142 Å². The number of ether oxygens (including phenoxy) is 1. The zero-order valence-electron chi connectivity index (χ0n) is 14.2. The van der Waals surface area contributed by atoms with E-state index in [1.165, 1.54) is 23.4 Å². The van der Waals surface area contributed by atoms with Gasteiger partial charge in [0.15, 0.2) is 9.84 Å². The van der Waals surface area contributed by atoms with Gasteiger partial charge < -0.3 is 19.9 Å². The summed E-state index contributed by atoms with van der Waals surface area (Å²) in [6.45, 7) is 0.224. The van der Waals surface area contributed by atoms with Crippen molar-refractivity contribution in [3.8, 4) is 0 Å². The minimum atomic E-state index is -3.32. The number of amides is 2. The van der Waals surface area contributed by atoms with Crippen LogP contribution in [0.15, 0.2) is 18.6 Å². The Morgan fingerprint density at radius 1 is 1.50 bits per heavy atom. The SMILES string of the molecule is CS(=O)(=O)[C@@H]1C[C@@H](CCn2cnc(C(N)=O)c2)N(C(=O)OCC=C=O)C1. The fourth-order valence-electron chi connectivity index (χ4n) is 2.82. The normalized spacial score (nSPS) is 19.8. The Balaban J connectivity index is 2.06. The molecule has 0 saturated carbocycles. The van der Waals surface area contributed by atoms with Crippen molar-refractivity contribution in [3.63, 3.8) is 0 Å². The first-order chi connectivity index (χ1) is 12.2. The van der Waals surface area contributed by atoms with E-state index in [0.29, 0.717) is 13.0 Å². The highest BCUT2D eigenvalue weighted by Gasteiger charge is 2.40. The predicted molar refractivity (Wildman–Crippen MR) is 90.7 cm³/mol. The second kappa shape index (κ2) is 8.15. The van der Waals surface area contributed by atoms with Crippen LogP contribution in [0.4, 0.5) is 4.79 Å². The molecule has 1 aliphatic rings. The third kappa shape index (κ3) is 4.93. The lowest BCUT2D eigenvalue weighted by Gasteiger charge is -2.23. The van der Waals surface area contributed by atoms with Crippen LogP contribution in [0.3, 0.4) is 0 Å². The lowest BCUT2D eigenvalue weighted by atomic mass is 10.1. The van der Waals surface area contributed by atoms with Crippen LogP contribution >= 0.6 is 0 Å². The number of sulfone groups is 1. The summed E-state index contributed by atoms with van der Waals surface area (Å²) in [5.74, 6) is 0.858. The van der Waals surface area contributed by atoms with Gasteiger partial charge in [-0.1, -0.05) is 0 Å². The van der Waals surface area contributed by atoms with Gasteiger partial charge in [-0.2, -0.15) is 0 Å². The number of likely N-dealkylation sites (tertiary alicyclic amines) is 1. The third-order valence-electron chi connectivity index (χ3n) is 4.20. The molecule has 1 fully saturated rings. The van der Waals surface area contributed by atoms with Crippen LogP contribution < -0.4 is 5.73 Å². The molecule has 0 aliphatic carbocycles. The summed E-state index contributed by atoms with van der Waals surface area (Å²) in [5, 5.41) is -0.675. The number of rotatable bonds is 7. The molecule has 0 radical (unpaired) electrons. The fourth-order valence-corrected chi connectivity index (χ4v) is 3.82. The van der Waals surface area contributed by atoms with Gasteiger partial charge >= 0.3 is 6.09 Å². The van der Waals surface area contributed by atoms with Gasteiger partial charge in [0.05, 0.1) is 11.6 Å². The van der Waals surface area contributed by atoms with Gasteiger partial charge in [0.25, 0.3) is 5.91 Å². The average molecular weight is 384 g/mol. The molecule has 1 aromatic rings. The summed E-state index contributed by atoms with van der Waals surface area (Å²) < 4.78 is 30.3. The molecule has 1 aromatic heterocycles. The average Bonchev–Trinajstić information content (AvgIpc) is 3.19. The maximum Gasteiger partial charge on any atom is 0.410 e. The molecule has 10 nitrogen and oxygen atoms in total. The van der Waals surface area contributed by atoms with E-state index < -0.39 is 27.1 Å². The highest BCUT2D eigenvalue weighted by molar-refractivity contribution is 7.91. The minimum absolute atomic E-state index is 0.0314. The van der Waals surface area contributed by atoms with E-state index in [1.807, 2.05) is 0 Å². The molecule has 2 amide bonds. The second-order valence-corrected chi connectivity index (χ2v) is 8.37. The van der Waals surface area contributed by atoms with Crippen molar-refractivity contribution >= 4 is 27.8 Å². The standard InChI is InChI=1S/C15H20N4O6S/c1-26(23,24)12-7-11(19(8-12)15(22)25-6-2-5-20)3-4-18-9-13(14(16)21)17-10-18/h2,9-12H,3-4,6-8H2,1H3,(H2,16,21)/t11-,12-/m1/s1. The maximum absolute atomic E-state index is 12.2. The number of carbonyl (C=O) groups is 2. The van der Waals surface area contributed by atoms with Crippen LogP contribution in [-0.2, 0) is 25.9 Å². The van der Waals surface area contributed by atoms with Gasteiger partial charge in [0, 0.05) is 37.7 Å². The first-order valence-electron chi connectivity index (χ1n) is 7.85. The zero-order valence-corrected chi connectivity index (χ0v) is 15.0. The Morgan fingerprint density at radius 2 is 2.23 bits per heavy atom. The molecule has 0 spiro atoms. The Kier molecular flexibility index (Phi) is 6.17. The predicted octanol–water partition coefficient (Wildman–Crippen LogP) is -0.616. The van der Waals surface area contributed by atoms with E-state index in [1.54, 1.807) is 4.57 Å². The van der Waals surface area contributed by atoms with Crippen molar-refractivity contribution < 1.29 is 27.5 Å². The lowest BCUT2D eigenvalue weighted by Crippen LogP contribution is -2.37. The summed E-state index contributed by atoms with van der Waals surface area (Å²) in [6.07, 6.45) is 5.13. The molecule has 142 valence electrons. The third-order valence-corrected chi connectivity index (χ3v) is 5.75. The van der Waals surface area contributed by atoms with E-state index in [2.05, 4.69) is 4.98 Å². The van der Waals surface area contributed by atoms with Crippen LogP contribution in [0.5, 0.6) is 0 Å². The highest BCUT2D eigenvalue weighted by Crippen LogP contribution is 2.26. The van der Waals surface area contributed by atoms with Crippen molar-refractivity contribution in [1.29, 1.82) is 0 Å². The van der Waals surface area contributed by atoms with Crippen LogP contribution in [-0.4, -0.2) is 71.5 Å². The molecule has 2 rings (SSSR count). The van der Waals surface area contributed by atoms with Crippen molar-refractivity contribution in [3.05, 3.63) is 24.3 Å². The Hall–Kier alpha value is -2.65. The number of imidazole rings is 1. The fraction of sp³-hybridized carbons (Fsp3) is 0.533. The lowest BCUT2D eigenvalue weighted by molar-refractivity contribution is 0.0995. The number of carbonyl (C=O) groups excluding carboxylic acids is 3. The quantitative estimate of drug-likeness (QED) is 0.618. The monoisotopic (exact) mass is 384 g/mol. The summed E-state index contributed by atoms with van der Waals surface area (Å²) in [4.78, 5) is 38.6. The maximum atomic E-state index is 12.2. The number of primary amides is 1. The van der Waals surface area contributed by atoms with E-state index >= 15 is 0 Å². The molecule has 0 unspecified atom stereocenters. The molecule has 26 heavy (non-hydrogen) atoms. The number of aromatic nitrogens is 2. The van der Waals surface area contributed by atoms with Crippen LogP contribution in [0, 0.1) is 0 Å². The number of hydrogen-bond acceptors (Lipinski definition) is 7. The summed E-state index contributed by atoms with van der Waals surface area (Å²) in [6, 6.07) is -0.359. The largest absolute Gasteiger partial charge is 0.444 e. The van der Waals surface area contributed by atoms with Crippen molar-refractivity contribution in [1.82, 2.24) is 14.5 Å². The molecule has 1 aliphatic heterocycles. The van der Waals surface area contributed by atoms with E-state index in [-0.39, 0.29) is 31.3 Å². The van der Waals surface area contributed by atoms with Crippen molar-refractivity contribution in [2.75, 3.05) is 19.4 Å². The molecule has 0 bridgehead atoms. The molecule has 1 saturated heterocycles. The first-order valence-corrected chi connectivity index (χ1v) is 9.81. The Morgan fingerprint density at radius 3 is 2.81 bits per heavy atom. The molecular weight excluding hydrogens is 364 g/mol. The van der Waals surface area contributed by atoms with Gasteiger partial charge in [0.1, 0.15) is 18.2 Å². The van der Waals surface area contributed by atoms with Gasteiger partial charge in [-0.05, 0) is 12.8 Å². The van der Waals surface area contributed by atoms with Gasteiger partial charge in [-0.15, -0.1) is 0 Å². The van der Waals surface area contributed by atoms with Gasteiger partial charge in [0.2, 0.25) is 0 Å². The number of hydrogen-bond donors (Lipinski definition) is 1. The molecular formula is C15H20N4O6S. The first kappa shape index (κ1) is 19.7. The summed E-state index contributed by atoms with van der Waals surface area (Å²) in [7, 11) is -3.32. The van der Waals surface area contributed by atoms with E-state index in [9.17, 15) is 22.8 Å². The molecule has 2 heterocycles. The molecule has 0 aromatic carbocycles. The second-order valence-electron chi connectivity index (χ2n) is 6.04. The smallest absolute Gasteiger partial charge is 0.410 e. The summed E-state index contributed by atoms with van der Waals surface area (Å²) >= 11 is 0. The number of aryl methyl sites for hydroxylation is 1.